The third kappa shape index (κ3) is 4.90. The summed E-state index contributed by atoms with van der Waals surface area (Å²) in [6.07, 6.45) is 0. The quantitative estimate of drug-likeness (QED) is 0.207. The summed E-state index contributed by atoms with van der Waals surface area (Å²) >= 11 is 0. The summed E-state index contributed by atoms with van der Waals surface area (Å²) in [5.41, 5.74) is -0.484. The van der Waals surface area contributed by atoms with Gasteiger partial charge in [-0.1, -0.05) is 13.2 Å². The summed E-state index contributed by atoms with van der Waals surface area (Å²) in [6.45, 7) is 10.9. The highest BCUT2D eigenvalue weighted by Crippen LogP contribution is 2.18. The Bertz CT molecular complexity index is 1910. The van der Waals surface area contributed by atoms with E-state index in [2.05, 4.69) is 13.2 Å². The number of hydrogen-bond donors (Lipinski definition) is 0. The Labute approximate surface area is 237 Å². The molecule has 0 saturated heterocycles. The van der Waals surface area contributed by atoms with Crippen LogP contribution in [-0.2, 0) is 9.47 Å². The van der Waals surface area contributed by atoms with E-state index in [4.69, 9.17) is 9.47 Å². The highest BCUT2D eigenvalue weighted by molar-refractivity contribution is 5.98. The third-order valence-electron chi connectivity index (χ3n) is 6.51. The highest BCUT2D eigenvalue weighted by Gasteiger charge is 2.21. The monoisotopic (exact) mass is 564 g/mol. The van der Waals surface area contributed by atoms with Gasteiger partial charge in [0.25, 0.3) is 22.2 Å². The molecule has 0 aliphatic carbocycles. The number of aromatic nitrogens is 2. The Morgan fingerprint density at radius 2 is 0.857 bits per heavy atom. The van der Waals surface area contributed by atoms with Crippen LogP contribution in [0.3, 0.4) is 0 Å². The van der Waals surface area contributed by atoms with Crippen LogP contribution in [0.25, 0.3) is 32.9 Å². The smallest absolute Gasteiger partial charge is 0.338 e. The molecular weight excluding hydrogens is 540 g/mol. The molecule has 5 rings (SSSR count). The maximum atomic E-state index is 13.3. The van der Waals surface area contributed by atoms with Crippen molar-refractivity contribution in [3.63, 3.8) is 0 Å². The summed E-state index contributed by atoms with van der Waals surface area (Å²) < 4.78 is 12.1. The van der Waals surface area contributed by atoms with Crippen molar-refractivity contribution in [2.75, 3.05) is 13.2 Å². The van der Waals surface area contributed by atoms with E-state index in [0.717, 1.165) is 9.13 Å². The highest BCUT2D eigenvalue weighted by atomic mass is 16.5. The maximum absolute atomic E-state index is 13.3. The lowest BCUT2D eigenvalue weighted by Gasteiger charge is -2.05. The number of esters is 2. The van der Waals surface area contributed by atoms with Gasteiger partial charge in [-0.2, -0.15) is 0 Å². The van der Waals surface area contributed by atoms with E-state index in [-0.39, 0.29) is 57.3 Å². The Balaban J connectivity index is 1.52. The van der Waals surface area contributed by atoms with Gasteiger partial charge in [-0.05, 0) is 85.7 Å². The molecule has 42 heavy (non-hydrogen) atoms. The topological polar surface area (TPSA) is 131 Å². The fourth-order valence-electron chi connectivity index (χ4n) is 4.48. The maximum Gasteiger partial charge on any atom is 0.338 e. The van der Waals surface area contributed by atoms with Gasteiger partial charge in [0.2, 0.25) is 0 Å². The Hall–Kier alpha value is -5.64. The molecule has 5 aromatic rings. The molecule has 10 heteroatoms. The van der Waals surface area contributed by atoms with Crippen molar-refractivity contribution < 1.29 is 19.1 Å². The molecule has 2 heterocycles. The van der Waals surface area contributed by atoms with E-state index in [9.17, 15) is 28.8 Å². The van der Waals surface area contributed by atoms with E-state index < -0.39 is 34.2 Å². The average Bonchev–Trinajstić information content (AvgIpc) is 3.37. The number of carbonyl (C=O) groups is 2. The first-order chi connectivity index (χ1) is 20.0. The van der Waals surface area contributed by atoms with Crippen molar-refractivity contribution >= 4 is 33.5 Å². The van der Waals surface area contributed by atoms with Gasteiger partial charge < -0.3 is 9.47 Å². The van der Waals surface area contributed by atoms with E-state index in [1.807, 2.05) is 0 Å². The molecule has 3 aromatic carbocycles. The molecule has 0 bridgehead atoms. The minimum Gasteiger partial charge on any atom is -0.458 e. The van der Waals surface area contributed by atoms with E-state index in [1.165, 1.54) is 60.7 Å². The standard InChI is InChI=1S/C32H24N2O8/c1-17(2)15-41-31(39)19-5-9-21(10-6-19)33-27(35)23-13-25-26(14-24(23)28(33)36)30(38)34(29(25)37)22-11-7-20(8-12-22)32(40)42-16-18(3)4/h5-14H,1,3,15-16H2,2,4H3. The van der Waals surface area contributed by atoms with E-state index >= 15 is 0 Å². The summed E-state index contributed by atoms with van der Waals surface area (Å²) in [5.74, 6) is -1.16. The lowest BCUT2D eigenvalue weighted by Crippen LogP contribution is -2.24. The predicted molar refractivity (Wildman–Crippen MR) is 158 cm³/mol. The zero-order valence-electron chi connectivity index (χ0n) is 22.8. The second-order valence-corrected chi connectivity index (χ2v) is 10.00. The number of rotatable bonds is 8. The third-order valence-corrected chi connectivity index (χ3v) is 6.51. The van der Waals surface area contributed by atoms with Crippen LogP contribution < -0.4 is 22.2 Å². The molecule has 0 atom stereocenters. The first kappa shape index (κ1) is 27.9. The fraction of sp³-hybridized carbons (Fsp3) is 0.125. The van der Waals surface area contributed by atoms with Crippen LogP contribution >= 0.6 is 0 Å². The Morgan fingerprint density at radius 1 is 0.571 bits per heavy atom. The first-order valence-corrected chi connectivity index (χ1v) is 12.8. The molecule has 0 N–H and O–H groups in total. The normalized spacial score (nSPS) is 11.1. The lowest BCUT2D eigenvalue weighted by atomic mass is 10.1. The number of carbonyl (C=O) groups excluding carboxylic acids is 2. The summed E-state index contributed by atoms with van der Waals surface area (Å²) in [5, 5.41) is -0.103. The lowest BCUT2D eigenvalue weighted by molar-refractivity contribution is 0.0531. The zero-order valence-corrected chi connectivity index (χ0v) is 22.8. The van der Waals surface area contributed by atoms with E-state index in [0.29, 0.717) is 11.1 Å². The van der Waals surface area contributed by atoms with Crippen molar-refractivity contribution in [3.05, 3.63) is 138 Å². The Morgan fingerprint density at radius 3 is 1.12 bits per heavy atom. The molecule has 0 radical (unpaired) electrons. The minimum absolute atomic E-state index is 0.0256. The molecule has 210 valence electrons. The summed E-state index contributed by atoms with van der Waals surface area (Å²) in [7, 11) is 0. The zero-order chi connectivity index (χ0) is 30.3. The van der Waals surface area contributed by atoms with Crippen molar-refractivity contribution in [2.24, 2.45) is 0 Å². The number of hydrogen-bond acceptors (Lipinski definition) is 8. The van der Waals surface area contributed by atoms with Crippen LogP contribution in [0.1, 0.15) is 34.6 Å². The van der Waals surface area contributed by atoms with Gasteiger partial charge >= 0.3 is 11.9 Å². The van der Waals surface area contributed by atoms with Crippen LogP contribution in [0.5, 0.6) is 0 Å². The van der Waals surface area contributed by atoms with Gasteiger partial charge in [0.05, 0.1) is 44.0 Å². The van der Waals surface area contributed by atoms with Crippen molar-refractivity contribution in [2.45, 2.75) is 13.8 Å². The molecule has 0 fully saturated rings. The summed E-state index contributed by atoms with van der Waals surface area (Å²) in [6, 6.07) is 13.9. The molecule has 0 aliphatic heterocycles. The second-order valence-electron chi connectivity index (χ2n) is 10.00. The molecule has 0 aliphatic rings. The van der Waals surface area contributed by atoms with Gasteiger partial charge in [-0.25, -0.2) is 18.7 Å². The van der Waals surface area contributed by atoms with Crippen molar-refractivity contribution in [1.82, 2.24) is 9.13 Å². The molecule has 0 spiro atoms. The number of ether oxygens (including phenoxy) is 2. The fourth-order valence-corrected chi connectivity index (χ4v) is 4.48. The number of benzene rings is 3. The number of nitrogens with zero attached hydrogens (tertiary/aromatic N) is 2. The van der Waals surface area contributed by atoms with E-state index in [1.54, 1.807) is 13.8 Å². The first-order valence-electron chi connectivity index (χ1n) is 12.8. The van der Waals surface area contributed by atoms with Crippen LogP contribution in [-0.4, -0.2) is 34.3 Å². The molecular formula is C32H24N2O8. The molecule has 0 amide bonds. The van der Waals surface area contributed by atoms with Crippen LogP contribution in [0, 0.1) is 0 Å². The largest absolute Gasteiger partial charge is 0.458 e. The molecule has 10 nitrogen and oxygen atoms in total. The Kier molecular flexibility index (Phi) is 7.13. The minimum atomic E-state index is -0.674. The molecule has 0 unspecified atom stereocenters. The molecule has 2 aromatic heterocycles. The van der Waals surface area contributed by atoms with Crippen molar-refractivity contribution in [3.8, 4) is 11.4 Å². The van der Waals surface area contributed by atoms with Crippen LogP contribution in [0.2, 0.25) is 0 Å². The summed E-state index contributed by atoms with van der Waals surface area (Å²) in [4.78, 5) is 77.5. The SMILES string of the molecule is C=C(C)COC(=O)c1ccc(-n2c(=O)c3cc4c(=O)n(-c5ccc(C(=O)OCC(=C)C)cc5)c(=O)c4cc3c2=O)cc1. The van der Waals surface area contributed by atoms with Crippen LogP contribution in [0.15, 0.2) is 104 Å². The van der Waals surface area contributed by atoms with Crippen LogP contribution in [0.4, 0.5) is 0 Å². The molecule has 0 saturated carbocycles. The van der Waals surface area contributed by atoms with Gasteiger partial charge in [-0.15, -0.1) is 0 Å². The van der Waals surface area contributed by atoms with Gasteiger partial charge in [0.15, 0.2) is 0 Å². The van der Waals surface area contributed by atoms with Gasteiger partial charge in [0.1, 0.15) is 13.2 Å². The second kappa shape index (κ2) is 10.7. The van der Waals surface area contributed by atoms with Gasteiger partial charge in [-0.3, -0.25) is 19.2 Å². The van der Waals surface area contributed by atoms with Crippen molar-refractivity contribution in [1.29, 1.82) is 0 Å². The number of fused-ring (bicyclic) bond motifs is 2. The van der Waals surface area contributed by atoms with Gasteiger partial charge in [0, 0.05) is 0 Å². The predicted octanol–water partition coefficient (Wildman–Crippen LogP) is 3.36. The average molecular weight is 565 g/mol.